The van der Waals surface area contributed by atoms with Crippen LogP contribution < -0.4 is 10.6 Å². The fourth-order valence-corrected chi connectivity index (χ4v) is 2.31. The van der Waals surface area contributed by atoms with Gasteiger partial charge < -0.3 is 10.6 Å². The maximum absolute atomic E-state index is 12.2. The summed E-state index contributed by atoms with van der Waals surface area (Å²) < 4.78 is 0. The SMILES string of the molecule is CC(C)(C(=O)NC1CCCCC1)C(=O)NC1CC1. The van der Waals surface area contributed by atoms with Gasteiger partial charge in [0.05, 0.1) is 0 Å². The Balaban J connectivity index is 1.86. The molecular weight excluding hydrogens is 228 g/mol. The van der Waals surface area contributed by atoms with E-state index in [0.717, 1.165) is 25.7 Å². The molecule has 0 aromatic rings. The molecule has 2 saturated carbocycles. The molecule has 0 aromatic carbocycles. The number of rotatable bonds is 4. The average molecular weight is 252 g/mol. The van der Waals surface area contributed by atoms with E-state index >= 15 is 0 Å². The Labute approximate surface area is 109 Å². The van der Waals surface area contributed by atoms with E-state index in [-0.39, 0.29) is 17.9 Å². The van der Waals surface area contributed by atoms with Crippen LogP contribution in [-0.2, 0) is 9.59 Å². The molecule has 0 atom stereocenters. The molecule has 4 nitrogen and oxygen atoms in total. The van der Waals surface area contributed by atoms with Crippen molar-refractivity contribution in [2.24, 2.45) is 5.41 Å². The summed E-state index contributed by atoms with van der Waals surface area (Å²) in [4.78, 5) is 24.2. The fourth-order valence-electron chi connectivity index (χ4n) is 2.31. The van der Waals surface area contributed by atoms with Gasteiger partial charge in [-0.1, -0.05) is 19.3 Å². The third kappa shape index (κ3) is 3.24. The first-order chi connectivity index (χ1) is 8.50. The zero-order chi connectivity index (χ0) is 13.2. The molecule has 0 heterocycles. The van der Waals surface area contributed by atoms with Crippen LogP contribution in [0.5, 0.6) is 0 Å². The van der Waals surface area contributed by atoms with Gasteiger partial charge in [0.15, 0.2) is 0 Å². The summed E-state index contributed by atoms with van der Waals surface area (Å²) in [6, 6.07) is 0.568. The van der Waals surface area contributed by atoms with Gasteiger partial charge in [0.25, 0.3) is 0 Å². The van der Waals surface area contributed by atoms with Gasteiger partial charge in [-0.2, -0.15) is 0 Å². The normalized spacial score (nSPS) is 21.4. The second-order valence-electron chi connectivity index (χ2n) is 6.18. The first-order valence-corrected chi connectivity index (χ1v) is 7.12. The van der Waals surface area contributed by atoms with Gasteiger partial charge in [-0.3, -0.25) is 9.59 Å². The summed E-state index contributed by atoms with van der Waals surface area (Å²) in [6.07, 6.45) is 7.81. The fraction of sp³-hybridized carbons (Fsp3) is 0.857. The van der Waals surface area contributed by atoms with E-state index in [1.54, 1.807) is 13.8 Å². The van der Waals surface area contributed by atoms with Crippen LogP contribution in [0.25, 0.3) is 0 Å². The molecule has 0 radical (unpaired) electrons. The monoisotopic (exact) mass is 252 g/mol. The van der Waals surface area contributed by atoms with Gasteiger partial charge in [0.2, 0.25) is 11.8 Å². The van der Waals surface area contributed by atoms with E-state index in [4.69, 9.17) is 0 Å². The number of nitrogens with one attached hydrogen (secondary N) is 2. The summed E-state index contributed by atoms with van der Waals surface area (Å²) in [5.41, 5.74) is -0.958. The quantitative estimate of drug-likeness (QED) is 0.749. The lowest BCUT2D eigenvalue weighted by Crippen LogP contribution is -2.51. The highest BCUT2D eigenvalue weighted by atomic mass is 16.2. The summed E-state index contributed by atoms with van der Waals surface area (Å²) in [5, 5.41) is 5.95. The van der Waals surface area contributed by atoms with Gasteiger partial charge in [-0.15, -0.1) is 0 Å². The summed E-state index contributed by atoms with van der Waals surface area (Å²) in [6.45, 7) is 3.42. The van der Waals surface area contributed by atoms with Crippen molar-refractivity contribution < 1.29 is 9.59 Å². The first kappa shape index (κ1) is 13.4. The highest BCUT2D eigenvalue weighted by Crippen LogP contribution is 2.24. The standard InChI is InChI=1S/C14H24N2O2/c1-14(2,13(18)16-11-8-9-11)12(17)15-10-6-4-3-5-7-10/h10-11H,3-9H2,1-2H3,(H,15,17)(H,16,18). The molecule has 2 N–H and O–H groups in total. The second kappa shape index (κ2) is 5.29. The lowest BCUT2D eigenvalue weighted by Gasteiger charge is -2.28. The van der Waals surface area contributed by atoms with E-state index in [9.17, 15) is 9.59 Å². The Morgan fingerprint density at radius 3 is 1.72 bits per heavy atom. The van der Waals surface area contributed by atoms with Crippen molar-refractivity contribution in [1.82, 2.24) is 10.6 Å². The lowest BCUT2D eigenvalue weighted by atomic mass is 9.89. The van der Waals surface area contributed by atoms with Crippen molar-refractivity contribution in [2.75, 3.05) is 0 Å². The predicted molar refractivity (Wildman–Crippen MR) is 70.0 cm³/mol. The molecule has 0 aliphatic heterocycles. The second-order valence-corrected chi connectivity index (χ2v) is 6.18. The summed E-state index contributed by atoms with van der Waals surface area (Å²) >= 11 is 0. The number of amides is 2. The Morgan fingerprint density at radius 1 is 0.833 bits per heavy atom. The molecule has 0 saturated heterocycles. The predicted octanol–water partition coefficient (Wildman–Crippen LogP) is 1.74. The van der Waals surface area contributed by atoms with E-state index in [1.165, 1.54) is 19.3 Å². The van der Waals surface area contributed by atoms with Gasteiger partial charge in [-0.05, 0) is 39.5 Å². The van der Waals surface area contributed by atoms with Crippen LogP contribution in [-0.4, -0.2) is 23.9 Å². The molecule has 4 heteroatoms. The minimum absolute atomic E-state index is 0.132. The Hall–Kier alpha value is -1.06. The smallest absolute Gasteiger partial charge is 0.235 e. The minimum atomic E-state index is -0.958. The van der Waals surface area contributed by atoms with Gasteiger partial charge in [0, 0.05) is 12.1 Å². The van der Waals surface area contributed by atoms with Crippen LogP contribution >= 0.6 is 0 Å². The molecule has 2 amide bonds. The van der Waals surface area contributed by atoms with Crippen LogP contribution in [0.15, 0.2) is 0 Å². The zero-order valence-corrected chi connectivity index (χ0v) is 11.4. The largest absolute Gasteiger partial charge is 0.352 e. The average Bonchev–Trinajstić information content (AvgIpc) is 3.14. The molecular formula is C14H24N2O2. The Kier molecular flexibility index (Phi) is 3.93. The molecule has 0 spiro atoms. The number of hydrogen-bond acceptors (Lipinski definition) is 2. The van der Waals surface area contributed by atoms with Gasteiger partial charge in [-0.25, -0.2) is 0 Å². The molecule has 2 fully saturated rings. The highest BCUT2D eigenvalue weighted by molar-refractivity contribution is 6.04. The van der Waals surface area contributed by atoms with Crippen LogP contribution in [0.2, 0.25) is 0 Å². The minimum Gasteiger partial charge on any atom is -0.352 e. The molecule has 2 aliphatic carbocycles. The van der Waals surface area contributed by atoms with Crippen molar-refractivity contribution in [3.63, 3.8) is 0 Å². The van der Waals surface area contributed by atoms with Crippen LogP contribution in [0.1, 0.15) is 58.8 Å². The summed E-state index contributed by atoms with van der Waals surface area (Å²) in [7, 11) is 0. The van der Waals surface area contributed by atoms with Crippen molar-refractivity contribution in [2.45, 2.75) is 70.9 Å². The maximum Gasteiger partial charge on any atom is 0.235 e. The number of carbonyl (C=O) groups excluding carboxylic acids is 2. The molecule has 102 valence electrons. The van der Waals surface area contributed by atoms with E-state index in [1.807, 2.05) is 0 Å². The third-order valence-corrected chi connectivity index (χ3v) is 3.99. The number of carbonyl (C=O) groups is 2. The topological polar surface area (TPSA) is 58.2 Å². The van der Waals surface area contributed by atoms with Gasteiger partial charge in [0.1, 0.15) is 5.41 Å². The lowest BCUT2D eigenvalue weighted by molar-refractivity contribution is -0.142. The number of hydrogen-bond donors (Lipinski definition) is 2. The van der Waals surface area contributed by atoms with E-state index in [0.29, 0.717) is 6.04 Å². The highest BCUT2D eigenvalue weighted by Gasteiger charge is 2.39. The first-order valence-electron chi connectivity index (χ1n) is 7.12. The molecule has 0 bridgehead atoms. The molecule has 0 unspecified atom stereocenters. The third-order valence-electron chi connectivity index (χ3n) is 3.99. The van der Waals surface area contributed by atoms with Crippen molar-refractivity contribution in [1.29, 1.82) is 0 Å². The van der Waals surface area contributed by atoms with Crippen molar-refractivity contribution in [3.8, 4) is 0 Å². The summed E-state index contributed by atoms with van der Waals surface area (Å²) in [5.74, 6) is -0.272. The van der Waals surface area contributed by atoms with E-state index < -0.39 is 5.41 Å². The maximum atomic E-state index is 12.2. The molecule has 2 aliphatic rings. The Bertz CT molecular complexity index is 329. The van der Waals surface area contributed by atoms with Crippen molar-refractivity contribution >= 4 is 11.8 Å². The van der Waals surface area contributed by atoms with Gasteiger partial charge >= 0.3 is 0 Å². The van der Waals surface area contributed by atoms with Crippen LogP contribution in [0, 0.1) is 5.41 Å². The van der Waals surface area contributed by atoms with Crippen molar-refractivity contribution in [3.05, 3.63) is 0 Å². The van der Waals surface area contributed by atoms with Crippen LogP contribution in [0.3, 0.4) is 0 Å². The molecule has 0 aromatic heterocycles. The molecule has 2 rings (SSSR count). The zero-order valence-electron chi connectivity index (χ0n) is 11.4. The van der Waals surface area contributed by atoms with Crippen LogP contribution in [0.4, 0.5) is 0 Å². The molecule has 18 heavy (non-hydrogen) atoms. The Morgan fingerprint density at radius 2 is 1.28 bits per heavy atom. The van der Waals surface area contributed by atoms with E-state index in [2.05, 4.69) is 10.6 Å².